The van der Waals surface area contributed by atoms with Crippen LogP contribution >= 0.6 is 23.5 Å². The summed E-state index contributed by atoms with van der Waals surface area (Å²) in [5.41, 5.74) is 22.4. The van der Waals surface area contributed by atoms with Gasteiger partial charge in [-0.3, -0.25) is 0 Å². The van der Waals surface area contributed by atoms with Gasteiger partial charge < -0.3 is 19.1 Å². The minimum absolute atomic E-state index is 0.121. The summed E-state index contributed by atoms with van der Waals surface area (Å²) in [5.74, 6) is 4.97. The molecule has 0 saturated carbocycles. The summed E-state index contributed by atoms with van der Waals surface area (Å²) in [7, 11) is -2.22. The Morgan fingerprint density at radius 1 is 0.333 bits per heavy atom. The van der Waals surface area contributed by atoms with Crippen LogP contribution in [-0.4, -0.2) is 8.07 Å². The smallest absolute Gasteiger partial charge is 0.178 e. The second kappa shape index (κ2) is 17.6. The molecule has 11 aromatic carbocycles. The minimum Gasteiger partial charge on any atom is -0.456 e. The van der Waals surface area contributed by atoms with Gasteiger partial charge in [0, 0.05) is 80.7 Å². The zero-order valence-corrected chi connectivity index (χ0v) is 50.8. The lowest BCUT2D eigenvalue weighted by atomic mass is 9.82. The van der Waals surface area contributed by atoms with E-state index in [4.69, 9.17) is 14.2 Å². The van der Waals surface area contributed by atoms with Gasteiger partial charge in [0.2, 0.25) is 0 Å². The van der Waals surface area contributed by atoms with Crippen molar-refractivity contribution in [1.29, 1.82) is 0 Å². The Balaban J connectivity index is 0.772. The number of anilines is 3. The van der Waals surface area contributed by atoms with Crippen molar-refractivity contribution in [2.75, 3.05) is 4.90 Å². The molecule has 0 unspecified atom stereocenters. The van der Waals surface area contributed by atoms with Crippen LogP contribution in [0.25, 0.3) is 55.6 Å². The molecule has 0 radical (unpaired) electrons. The molecular formula is C77H59NO3S2Si. The molecule has 3 aliphatic heterocycles. The van der Waals surface area contributed by atoms with E-state index >= 15 is 0 Å². The molecule has 3 heterocycles. The van der Waals surface area contributed by atoms with Crippen LogP contribution in [-0.2, 0) is 16.2 Å². The molecule has 84 heavy (non-hydrogen) atoms. The summed E-state index contributed by atoms with van der Waals surface area (Å²) in [6.45, 7) is 19.1. The lowest BCUT2D eigenvalue weighted by Gasteiger charge is -2.36. The largest absolute Gasteiger partial charge is 0.456 e. The zero-order chi connectivity index (χ0) is 56.8. The first-order chi connectivity index (χ1) is 40.7. The highest BCUT2D eigenvalue weighted by molar-refractivity contribution is 8.05. The second-order valence-electron chi connectivity index (χ2n) is 25.5. The Bertz CT molecular complexity index is 4710. The van der Waals surface area contributed by atoms with E-state index in [1.165, 1.54) is 91.2 Å². The molecule has 6 aliphatic rings. The highest BCUT2D eigenvalue weighted by atomic mass is 32.2. The van der Waals surface area contributed by atoms with E-state index < -0.39 is 8.07 Å². The molecule has 17 rings (SSSR count). The van der Waals surface area contributed by atoms with Crippen molar-refractivity contribution in [1.82, 2.24) is 0 Å². The molecule has 3 aliphatic carbocycles. The molecule has 0 saturated heterocycles. The Labute approximate surface area is 501 Å². The molecule has 4 nitrogen and oxygen atoms in total. The predicted octanol–water partition coefficient (Wildman–Crippen LogP) is 20.9. The first kappa shape index (κ1) is 50.1. The van der Waals surface area contributed by atoms with Crippen molar-refractivity contribution in [2.24, 2.45) is 0 Å². The van der Waals surface area contributed by atoms with E-state index in [-0.39, 0.29) is 16.2 Å². The van der Waals surface area contributed by atoms with Gasteiger partial charge >= 0.3 is 0 Å². The molecule has 0 aromatic heterocycles. The number of hydrogen-bond acceptors (Lipinski definition) is 6. The van der Waals surface area contributed by atoms with Crippen LogP contribution < -0.4 is 29.5 Å². The van der Waals surface area contributed by atoms with Crippen LogP contribution in [0.3, 0.4) is 0 Å². The van der Waals surface area contributed by atoms with Crippen molar-refractivity contribution in [3.8, 4) is 90.1 Å². The molecule has 0 fully saturated rings. The van der Waals surface area contributed by atoms with Crippen LogP contribution in [0.1, 0.15) is 74.9 Å². The summed E-state index contributed by atoms with van der Waals surface area (Å²) in [5, 5.41) is 2.68. The fourth-order valence-corrected chi connectivity index (χ4v) is 20.2. The molecule has 406 valence electrons. The van der Waals surface area contributed by atoms with Gasteiger partial charge in [-0.25, -0.2) is 0 Å². The highest BCUT2D eigenvalue weighted by Crippen LogP contribution is 2.62. The summed E-state index contributed by atoms with van der Waals surface area (Å²) in [6, 6.07) is 78.6. The summed E-state index contributed by atoms with van der Waals surface area (Å²) in [6.07, 6.45) is 0. The maximum atomic E-state index is 7.39. The molecule has 7 heteroatoms. The zero-order valence-electron chi connectivity index (χ0n) is 48.2. The summed E-state index contributed by atoms with van der Waals surface area (Å²) in [4.78, 5) is 7.75. The number of para-hydroxylation sites is 2. The number of fused-ring (bicyclic) bond motifs is 18. The summed E-state index contributed by atoms with van der Waals surface area (Å²) < 4.78 is 21.3. The number of hydrogen-bond donors (Lipinski definition) is 0. The van der Waals surface area contributed by atoms with Gasteiger partial charge in [0.25, 0.3) is 0 Å². The number of rotatable bonds is 5. The van der Waals surface area contributed by atoms with E-state index in [1.54, 1.807) is 0 Å². The van der Waals surface area contributed by atoms with E-state index in [0.717, 1.165) is 73.6 Å². The molecule has 0 atom stereocenters. The predicted molar refractivity (Wildman–Crippen MR) is 349 cm³/mol. The Hall–Kier alpha value is -8.46. The minimum atomic E-state index is -2.22. The number of ether oxygens (including phenoxy) is 3. The second-order valence-corrected chi connectivity index (χ2v) is 32.0. The van der Waals surface area contributed by atoms with E-state index in [2.05, 4.69) is 266 Å². The monoisotopic (exact) mass is 1140 g/mol. The normalized spacial score (nSPS) is 16.2. The van der Waals surface area contributed by atoms with Crippen LogP contribution in [0.15, 0.2) is 232 Å². The molecule has 0 N–H and O–H groups in total. The van der Waals surface area contributed by atoms with Gasteiger partial charge in [0.15, 0.2) is 23.0 Å². The third-order valence-electron chi connectivity index (χ3n) is 19.5. The number of nitrogens with zero attached hydrogens (tertiary/aromatic N) is 1. The maximum Gasteiger partial charge on any atom is 0.178 e. The van der Waals surface area contributed by atoms with Gasteiger partial charge in [-0.05, 0) is 138 Å². The third kappa shape index (κ3) is 6.92. The van der Waals surface area contributed by atoms with E-state index in [0.29, 0.717) is 5.75 Å². The van der Waals surface area contributed by atoms with Crippen molar-refractivity contribution in [2.45, 2.75) is 90.5 Å². The Morgan fingerprint density at radius 2 is 0.821 bits per heavy atom. The molecule has 0 bridgehead atoms. The van der Waals surface area contributed by atoms with E-state index in [9.17, 15) is 0 Å². The molecule has 11 aromatic rings. The Kier molecular flexibility index (Phi) is 10.5. The average Bonchev–Trinajstić information content (AvgIpc) is 1.63. The fourth-order valence-electron chi connectivity index (χ4n) is 15.0. The van der Waals surface area contributed by atoms with Crippen molar-refractivity contribution >= 4 is 59.0 Å². The van der Waals surface area contributed by atoms with Crippen molar-refractivity contribution in [3.63, 3.8) is 0 Å². The SMILES string of the molecule is CC1(C)c2ccccc2-c2c1ccc1c2Oc2c(cccc2-c2ccc(N(c3ccc(-c4cccc5c4Oc4c(ccc6c4-c4ccccc4C6(C)C)[Si]5(C)C)cc3)c3ccc4c(c3)C(C)(C)c3ccc5c(c3-4)Sc3ccccc3S5)cc2)O1. The molecule has 0 spiro atoms. The molecule has 0 amide bonds. The number of benzene rings is 11. The van der Waals surface area contributed by atoms with Gasteiger partial charge in [-0.1, -0.05) is 224 Å². The summed E-state index contributed by atoms with van der Waals surface area (Å²) >= 11 is 3.80. The maximum absolute atomic E-state index is 7.39. The molecular weight excluding hydrogens is 1080 g/mol. The van der Waals surface area contributed by atoms with Gasteiger partial charge in [-0.15, -0.1) is 0 Å². The van der Waals surface area contributed by atoms with Gasteiger partial charge in [-0.2, -0.15) is 0 Å². The topological polar surface area (TPSA) is 30.9 Å². The first-order valence-electron chi connectivity index (χ1n) is 29.3. The lowest BCUT2D eigenvalue weighted by molar-refractivity contribution is 0.361. The van der Waals surface area contributed by atoms with Crippen molar-refractivity contribution < 1.29 is 14.2 Å². The lowest BCUT2D eigenvalue weighted by Crippen LogP contribution is -2.56. The highest BCUT2D eigenvalue weighted by Gasteiger charge is 2.45. The van der Waals surface area contributed by atoms with Gasteiger partial charge in [0.1, 0.15) is 19.6 Å². The third-order valence-corrected chi connectivity index (χ3v) is 25.6. The fraction of sp³-hybridized carbons (Fsp3) is 0.143. The standard InChI is InChI=1S/C77H59NO3S2Si/c1-75(2)54-21-11-9-17-51(54)67-56(75)37-40-61-72(67)80-70-49(19-15-23-60(70)79-61)44-27-31-46(32-28-44)78(48-35-36-53-59(43-48)77(5,6)58-38-41-64-74(69(53)58)83-63-25-14-13-24-62(63)82-64)47-33-29-45(30-34-47)50-20-16-26-65-71(50)81-73-66(84(65,7)8)42-39-57-68(73)52-18-10-12-22-55(52)76(57,3)4/h9-43H,1-8H3. The van der Waals surface area contributed by atoms with Crippen LogP contribution in [0.4, 0.5) is 17.1 Å². The Morgan fingerprint density at radius 3 is 1.50 bits per heavy atom. The van der Waals surface area contributed by atoms with E-state index in [1.807, 2.05) is 29.6 Å². The quantitative estimate of drug-likeness (QED) is 0.160. The van der Waals surface area contributed by atoms with Gasteiger partial charge in [0.05, 0.1) is 0 Å². The van der Waals surface area contributed by atoms with Crippen LogP contribution in [0.5, 0.6) is 34.5 Å². The van der Waals surface area contributed by atoms with Crippen LogP contribution in [0, 0.1) is 0 Å². The first-order valence-corrected chi connectivity index (χ1v) is 33.9. The van der Waals surface area contributed by atoms with Crippen molar-refractivity contribution in [3.05, 3.63) is 246 Å². The van der Waals surface area contributed by atoms with Crippen LogP contribution in [0.2, 0.25) is 13.1 Å². The average molecular weight is 1140 g/mol.